The van der Waals surface area contributed by atoms with Crippen LogP contribution in [0.15, 0.2) is 0 Å². The monoisotopic (exact) mass is 362 g/mol. The number of rotatable bonds is 14. The number of hydrogen-bond acceptors (Lipinski definition) is 0. The Morgan fingerprint density at radius 1 is 0.750 bits per heavy atom. The summed E-state index contributed by atoms with van der Waals surface area (Å²) in [4.78, 5) is 0. The van der Waals surface area contributed by atoms with E-state index in [-0.39, 0.29) is 0 Å². The van der Waals surface area contributed by atoms with Crippen LogP contribution in [0, 0.1) is 0 Å². The van der Waals surface area contributed by atoms with E-state index in [0.717, 1.165) is 32.1 Å². The van der Waals surface area contributed by atoms with E-state index in [1.807, 2.05) is 0 Å². The van der Waals surface area contributed by atoms with Gasteiger partial charge in [-0.05, 0) is 18.9 Å². The van der Waals surface area contributed by atoms with Crippen LogP contribution in [0.5, 0.6) is 0 Å². The van der Waals surface area contributed by atoms with Crippen molar-refractivity contribution >= 4 is 39.2 Å². The van der Waals surface area contributed by atoms with Gasteiger partial charge in [-0.2, -0.15) is 0 Å². The molecule has 0 N–H and O–H groups in total. The molecule has 0 nitrogen and oxygen atoms in total. The van der Waals surface area contributed by atoms with Gasteiger partial charge < -0.3 is 0 Å². The van der Waals surface area contributed by atoms with Crippen LogP contribution in [-0.2, 0) is 0 Å². The Hall–Kier alpha value is 1.02. The third-order valence-electron chi connectivity index (χ3n) is 3.60. The van der Waals surface area contributed by atoms with Crippen LogP contribution in [0.4, 0.5) is 4.39 Å². The van der Waals surface area contributed by atoms with Crippen molar-refractivity contribution in [2.45, 2.75) is 96.2 Å². The standard InChI is InChI=1S/C15H30Cl3FSi/c1-2-3-4-5-6-7-9-12-15(19)13-10-8-11-14-20(16,17)18/h15H,2-14H2,1H3. The molecule has 0 saturated carbocycles. The van der Waals surface area contributed by atoms with Crippen molar-refractivity contribution in [2.75, 3.05) is 0 Å². The van der Waals surface area contributed by atoms with Gasteiger partial charge in [-0.3, -0.25) is 0 Å². The van der Waals surface area contributed by atoms with Crippen molar-refractivity contribution in [3.63, 3.8) is 0 Å². The molecule has 5 heteroatoms. The number of alkyl halides is 1. The van der Waals surface area contributed by atoms with Crippen LogP contribution < -0.4 is 0 Å². The minimum absolute atomic E-state index is 0.629. The van der Waals surface area contributed by atoms with Gasteiger partial charge in [0.2, 0.25) is 0 Å². The molecule has 0 aliphatic rings. The van der Waals surface area contributed by atoms with Gasteiger partial charge in [0.1, 0.15) is 6.17 Å². The maximum Gasteiger partial charge on any atom is 0.341 e. The quantitative estimate of drug-likeness (QED) is 0.168. The minimum atomic E-state index is -2.45. The first-order valence-corrected chi connectivity index (χ1v) is 13.4. The SMILES string of the molecule is CCCCCCCCCC(F)CCCCC[Si](Cl)(Cl)Cl. The Balaban J connectivity index is 3.23. The third kappa shape index (κ3) is 17.1. The fraction of sp³-hybridized carbons (Fsp3) is 1.00. The van der Waals surface area contributed by atoms with Crippen molar-refractivity contribution < 1.29 is 4.39 Å². The van der Waals surface area contributed by atoms with Crippen LogP contribution in [0.25, 0.3) is 0 Å². The Kier molecular flexibility index (Phi) is 14.4. The van der Waals surface area contributed by atoms with E-state index in [1.165, 1.54) is 38.5 Å². The van der Waals surface area contributed by atoms with Gasteiger partial charge in [-0.1, -0.05) is 71.1 Å². The Bertz CT molecular complexity index is 210. The molecule has 0 aliphatic heterocycles. The van der Waals surface area contributed by atoms with Crippen molar-refractivity contribution in [2.24, 2.45) is 0 Å². The van der Waals surface area contributed by atoms with Crippen LogP contribution in [0.3, 0.4) is 0 Å². The Labute approximate surface area is 139 Å². The van der Waals surface area contributed by atoms with Gasteiger partial charge >= 0.3 is 6.00 Å². The van der Waals surface area contributed by atoms with E-state index in [4.69, 9.17) is 33.2 Å². The summed E-state index contributed by atoms with van der Waals surface area (Å²) in [5.74, 6) is 0. The zero-order chi connectivity index (χ0) is 15.3. The molecule has 1 unspecified atom stereocenters. The van der Waals surface area contributed by atoms with Crippen LogP contribution >= 0.6 is 33.2 Å². The molecule has 20 heavy (non-hydrogen) atoms. The Morgan fingerprint density at radius 3 is 1.70 bits per heavy atom. The maximum atomic E-state index is 13.6. The normalized spacial score (nSPS) is 13.7. The second kappa shape index (κ2) is 13.7. The van der Waals surface area contributed by atoms with E-state index in [0.29, 0.717) is 12.5 Å². The van der Waals surface area contributed by atoms with E-state index in [2.05, 4.69) is 6.92 Å². The molecular weight excluding hydrogens is 334 g/mol. The molecule has 122 valence electrons. The van der Waals surface area contributed by atoms with Gasteiger partial charge in [0, 0.05) is 0 Å². The molecule has 0 spiro atoms. The predicted molar refractivity (Wildman–Crippen MR) is 94.1 cm³/mol. The van der Waals surface area contributed by atoms with Gasteiger partial charge in [0.15, 0.2) is 0 Å². The molecule has 0 saturated heterocycles. The largest absolute Gasteiger partial charge is 0.341 e. The van der Waals surface area contributed by atoms with Gasteiger partial charge in [-0.25, -0.2) is 4.39 Å². The summed E-state index contributed by atoms with van der Waals surface area (Å²) in [6.07, 6.45) is 12.4. The zero-order valence-corrected chi connectivity index (χ0v) is 16.0. The lowest BCUT2D eigenvalue weighted by Gasteiger charge is -2.09. The molecule has 0 aliphatic carbocycles. The van der Waals surface area contributed by atoms with Gasteiger partial charge in [-0.15, -0.1) is 33.2 Å². The third-order valence-corrected chi connectivity index (χ3v) is 6.22. The van der Waals surface area contributed by atoms with Gasteiger partial charge in [0.25, 0.3) is 0 Å². The smallest absolute Gasteiger partial charge is 0.247 e. The molecule has 0 amide bonds. The first-order chi connectivity index (χ1) is 9.45. The summed E-state index contributed by atoms with van der Waals surface area (Å²) in [6.45, 7) is 2.23. The highest BCUT2D eigenvalue weighted by Crippen LogP contribution is 2.27. The van der Waals surface area contributed by atoms with Crippen LogP contribution in [0.1, 0.15) is 84.0 Å². The molecule has 0 aromatic carbocycles. The molecule has 0 heterocycles. The summed E-state index contributed by atoms with van der Waals surface area (Å²) < 4.78 is 13.6. The lowest BCUT2D eigenvalue weighted by molar-refractivity contribution is 0.279. The second-order valence-corrected chi connectivity index (χ2v) is 15.0. The predicted octanol–water partition coefficient (Wildman–Crippen LogP) is 7.68. The van der Waals surface area contributed by atoms with E-state index in [1.54, 1.807) is 0 Å². The number of halogens is 4. The molecule has 0 bridgehead atoms. The summed E-state index contributed by atoms with van der Waals surface area (Å²) in [5.41, 5.74) is 0. The van der Waals surface area contributed by atoms with Crippen molar-refractivity contribution in [1.82, 2.24) is 0 Å². The highest BCUT2D eigenvalue weighted by molar-refractivity contribution is 7.64. The summed E-state index contributed by atoms with van der Waals surface area (Å²) in [5, 5.41) is 0. The molecular formula is C15H30Cl3FSi. The lowest BCUT2D eigenvalue weighted by Crippen LogP contribution is -2.08. The van der Waals surface area contributed by atoms with E-state index in [9.17, 15) is 4.39 Å². The Morgan fingerprint density at radius 2 is 1.20 bits per heavy atom. The van der Waals surface area contributed by atoms with Crippen molar-refractivity contribution in [3.05, 3.63) is 0 Å². The van der Waals surface area contributed by atoms with Crippen LogP contribution in [-0.4, -0.2) is 12.2 Å². The van der Waals surface area contributed by atoms with Crippen molar-refractivity contribution in [1.29, 1.82) is 0 Å². The average molecular weight is 364 g/mol. The molecule has 1 atom stereocenters. The highest BCUT2D eigenvalue weighted by atomic mass is 35.8. The second-order valence-electron chi connectivity index (χ2n) is 5.72. The molecule has 0 radical (unpaired) electrons. The van der Waals surface area contributed by atoms with E-state index >= 15 is 0 Å². The maximum absolute atomic E-state index is 13.6. The number of unbranched alkanes of at least 4 members (excludes halogenated alkanes) is 8. The molecule has 0 aromatic rings. The summed E-state index contributed by atoms with van der Waals surface area (Å²) in [7, 11) is 0. The first kappa shape index (κ1) is 21.0. The number of hydrogen-bond donors (Lipinski definition) is 0. The lowest BCUT2D eigenvalue weighted by atomic mass is 10.0. The average Bonchev–Trinajstić information content (AvgIpc) is 2.36. The summed E-state index contributed by atoms with van der Waals surface area (Å²) >= 11 is 17.4. The molecule has 0 rings (SSSR count). The topological polar surface area (TPSA) is 0 Å². The fourth-order valence-corrected chi connectivity index (χ4v) is 4.19. The first-order valence-electron chi connectivity index (χ1n) is 8.16. The van der Waals surface area contributed by atoms with Gasteiger partial charge in [0.05, 0.1) is 0 Å². The molecule has 0 fully saturated rings. The van der Waals surface area contributed by atoms with E-state index < -0.39 is 12.2 Å². The minimum Gasteiger partial charge on any atom is -0.247 e. The fourth-order valence-electron chi connectivity index (χ4n) is 2.34. The highest BCUT2D eigenvalue weighted by Gasteiger charge is 2.23. The van der Waals surface area contributed by atoms with Crippen LogP contribution in [0.2, 0.25) is 6.04 Å². The zero-order valence-electron chi connectivity index (χ0n) is 12.8. The van der Waals surface area contributed by atoms with Crippen molar-refractivity contribution in [3.8, 4) is 0 Å². The summed E-state index contributed by atoms with van der Waals surface area (Å²) in [6, 6.07) is -1.75. The molecule has 0 aromatic heterocycles.